The number of fused-ring (bicyclic) bond motifs is 1. The summed E-state index contributed by atoms with van der Waals surface area (Å²) in [5, 5.41) is 6.13. The van der Waals surface area contributed by atoms with E-state index in [1.54, 1.807) is 7.11 Å². The van der Waals surface area contributed by atoms with E-state index >= 15 is 0 Å². The van der Waals surface area contributed by atoms with E-state index in [2.05, 4.69) is 47.8 Å². The zero-order valence-corrected chi connectivity index (χ0v) is 11.7. The van der Waals surface area contributed by atoms with Crippen molar-refractivity contribution in [1.29, 1.82) is 0 Å². The quantitative estimate of drug-likeness (QED) is 0.732. The van der Waals surface area contributed by atoms with Gasteiger partial charge in [0.15, 0.2) is 0 Å². The maximum atomic E-state index is 5.00. The molecule has 2 rings (SSSR count). The molecule has 0 radical (unpaired) electrons. The summed E-state index contributed by atoms with van der Waals surface area (Å²) in [5.41, 5.74) is 1.47. The monoisotopic (exact) mass is 257 g/mol. The second-order valence-electron chi connectivity index (χ2n) is 4.84. The highest BCUT2D eigenvalue weighted by Gasteiger charge is 1.99. The van der Waals surface area contributed by atoms with Crippen LogP contribution in [0.3, 0.4) is 0 Å². The average Bonchev–Trinajstić information content (AvgIpc) is 2.46. The van der Waals surface area contributed by atoms with Crippen LogP contribution in [0.4, 0.5) is 0 Å². The summed E-state index contributed by atoms with van der Waals surface area (Å²) >= 11 is 0. The highest BCUT2D eigenvalue weighted by atomic mass is 16.5. The van der Waals surface area contributed by atoms with Gasteiger partial charge in [0.25, 0.3) is 0 Å². The molecule has 0 aromatic heterocycles. The third-order valence-corrected chi connectivity index (χ3v) is 3.41. The summed E-state index contributed by atoms with van der Waals surface area (Å²) in [6.07, 6.45) is 3.61. The molecule has 0 aliphatic carbocycles. The minimum absolute atomic E-state index is 0.795. The fourth-order valence-electron chi connectivity index (χ4n) is 2.38. The Bertz CT molecular complexity index is 490. The number of rotatable bonds is 8. The summed E-state index contributed by atoms with van der Waals surface area (Å²) in [5.74, 6) is 0. The van der Waals surface area contributed by atoms with E-state index in [-0.39, 0.29) is 0 Å². The number of hydrogen-bond donors (Lipinski definition) is 1. The predicted molar refractivity (Wildman–Crippen MR) is 81.6 cm³/mol. The summed E-state index contributed by atoms with van der Waals surface area (Å²) in [7, 11) is 1.74. The molecule has 0 bridgehead atoms. The van der Waals surface area contributed by atoms with Gasteiger partial charge in [-0.15, -0.1) is 0 Å². The topological polar surface area (TPSA) is 21.3 Å². The molecule has 2 aromatic rings. The van der Waals surface area contributed by atoms with Crippen molar-refractivity contribution in [3.05, 3.63) is 48.0 Å². The lowest BCUT2D eigenvalue weighted by Gasteiger charge is -2.07. The first-order chi connectivity index (χ1) is 9.42. The van der Waals surface area contributed by atoms with Crippen LogP contribution in [0.25, 0.3) is 10.8 Å². The number of methoxy groups -OCH3 is 1. The van der Waals surface area contributed by atoms with Gasteiger partial charge in [-0.1, -0.05) is 42.5 Å². The van der Waals surface area contributed by atoms with E-state index in [1.165, 1.54) is 29.2 Å². The Morgan fingerprint density at radius 2 is 1.79 bits per heavy atom. The normalized spacial score (nSPS) is 11.0. The molecule has 0 aliphatic rings. The van der Waals surface area contributed by atoms with Gasteiger partial charge >= 0.3 is 0 Å². The van der Waals surface area contributed by atoms with E-state index in [4.69, 9.17) is 4.74 Å². The van der Waals surface area contributed by atoms with E-state index in [9.17, 15) is 0 Å². The van der Waals surface area contributed by atoms with Gasteiger partial charge < -0.3 is 10.1 Å². The number of unbranched alkanes of at least 4 members (excludes halogenated alkanes) is 1. The zero-order valence-electron chi connectivity index (χ0n) is 11.7. The maximum absolute atomic E-state index is 5.00. The number of aryl methyl sites for hydroxylation is 1. The zero-order chi connectivity index (χ0) is 13.3. The molecule has 2 nitrogen and oxygen atoms in total. The molecule has 1 N–H and O–H groups in total. The lowest BCUT2D eigenvalue weighted by Crippen LogP contribution is -2.20. The van der Waals surface area contributed by atoms with Crippen molar-refractivity contribution >= 4 is 10.8 Å². The van der Waals surface area contributed by atoms with Crippen LogP contribution in [0.2, 0.25) is 0 Å². The first-order valence-electron chi connectivity index (χ1n) is 7.08. The molecule has 0 unspecified atom stereocenters. The molecule has 102 valence electrons. The molecule has 0 aliphatic heterocycles. The minimum atomic E-state index is 0.795. The Labute approximate surface area is 115 Å². The van der Waals surface area contributed by atoms with Crippen LogP contribution in [0.15, 0.2) is 42.5 Å². The van der Waals surface area contributed by atoms with Crippen molar-refractivity contribution < 1.29 is 4.74 Å². The van der Waals surface area contributed by atoms with Crippen molar-refractivity contribution in [1.82, 2.24) is 5.32 Å². The largest absolute Gasteiger partial charge is 0.383 e. The Balaban J connectivity index is 1.78. The van der Waals surface area contributed by atoms with Crippen molar-refractivity contribution in [3.8, 4) is 0 Å². The Morgan fingerprint density at radius 1 is 0.947 bits per heavy atom. The van der Waals surface area contributed by atoms with Gasteiger partial charge in [-0.25, -0.2) is 0 Å². The van der Waals surface area contributed by atoms with Crippen LogP contribution in [0.5, 0.6) is 0 Å². The van der Waals surface area contributed by atoms with E-state index in [0.29, 0.717) is 0 Å². The maximum Gasteiger partial charge on any atom is 0.0587 e. The van der Waals surface area contributed by atoms with E-state index < -0.39 is 0 Å². The molecule has 0 spiro atoms. The van der Waals surface area contributed by atoms with Crippen molar-refractivity contribution in [2.24, 2.45) is 0 Å². The lowest BCUT2D eigenvalue weighted by atomic mass is 10.0. The van der Waals surface area contributed by atoms with Crippen molar-refractivity contribution in [2.75, 3.05) is 26.8 Å². The number of nitrogens with one attached hydrogen (secondary N) is 1. The highest BCUT2D eigenvalue weighted by Crippen LogP contribution is 2.19. The molecular formula is C17H23NO. The Morgan fingerprint density at radius 3 is 2.68 bits per heavy atom. The molecule has 2 heteroatoms. The number of hydrogen-bond acceptors (Lipinski definition) is 2. The fraction of sp³-hybridized carbons (Fsp3) is 0.412. The molecule has 0 saturated heterocycles. The van der Waals surface area contributed by atoms with E-state index in [0.717, 1.165) is 26.1 Å². The van der Waals surface area contributed by atoms with Crippen molar-refractivity contribution in [2.45, 2.75) is 19.3 Å². The van der Waals surface area contributed by atoms with Crippen LogP contribution >= 0.6 is 0 Å². The molecular weight excluding hydrogens is 234 g/mol. The van der Waals surface area contributed by atoms with Gasteiger partial charge in [-0.3, -0.25) is 0 Å². The smallest absolute Gasteiger partial charge is 0.0587 e. The average molecular weight is 257 g/mol. The summed E-state index contributed by atoms with van der Waals surface area (Å²) in [6, 6.07) is 15.2. The molecule has 0 amide bonds. The molecule has 0 fully saturated rings. The second-order valence-corrected chi connectivity index (χ2v) is 4.84. The standard InChI is InChI=1S/C17H23NO/c1-19-14-13-18-12-5-4-8-16-10-6-9-15-7-2-3-11-17(15)16/h2-3,6-7,9-11,18H,4-5,8,12-14H2,1H3. The fourth-order valence-corrected chi connectivity index (χ4v) is 2.38. The third-order valence-electron chi connectivity index (χ3n) is 3.41. The van der Waals surface area contributed by atoms with E-state index in [1.807, 2.05) is 0 Å². The number of benzene rings is 2. The van der Waals surface area contributed by atoms with Crippen molar-refractivity contribution in [3.63, 3.8) is 0 Å². The van der Waals surface area contributed by atoms with Gasteiger partial charge in [0.05, 0.1) is 6.61 Å². The van der Waals surface area contributed by atoms with Crippen LogP contribution in [0.1, 0.15) is 18.4 Å². The SMILES string of the molecule is COCCNCCCCc1cccc2ccccc12. The van der Waals surface area contributed by atoms with Gasteiger partial charge in [0.2, 0.25) is 0 Å². The Hall–Kier alpha value is -1.38. The summed E-state index contributed by atoms with van der Waals surface area (Å²) < 4.78 is 5.00. The second kappa shape index (κ2) is 7.93. The first-order valence-corrected chi connectivity index (χ1v) is 7.08. The third kappa shape index (κ3) is 4.34. The molecule has 0 heterocycles. The van der Waals surface area contributed by atoms with Crippen LogP contribution < -0.4 is 5.32 Å². The number of ether oxygens (including phenoxy) is 1. The van der Waals surface area contributed by atoms with Crippen LogP contribution in [-0.4, -0.2) is 26.8 Å². The van der Waals surface area contributed by atoms with Gasteiger partial charge in [0.1, 0.15) is 0 Å². The minimum Gasteiger partial charge on any atom is -0.383 e. The Kier molecular flexibility index (Phi) is 5.86. The molecule has 0 saturated carbocycles. The van der Waals surface area contributed by atoms with Gasteiger partial charge in [-0.05, 0) is 42.1 Å². The summed E-state index contributed by atoms with van der Waals surface area (Å²) in [4.78, 5) is 0. The van der Waals surface area contributed by atoms with Crippen LogP contribution in [-0.2, 0) is 11.2 Å². The van der Waals surface area contributed by atoms with Crippen LogP contribution in [0, 0.1) is 0 Å². The lowest BCUT2D eigenvalue weighted by molar-refractivity contribution is 0.199. The summed E-state index contributed by atoms with van der Waals surface area (Å²) in [6.45, 7) is 2.82. The molecule has 19 heavy (non-hydrogen) atoms. The van der Waals surface area contributed by atoms with Gasteiger partial charge in [0, 0.05) is 13.7 Å². The first kappa shape index (κ1) is 14.0. The highest BCUT2D eigenvalue weighted by molar-refractivity contribution is 5.85. The molecule has 2 aromatic carbocycles. The predicted octanol–water partition coefficient (Wildman–Crippen LogP) is 3.40. The van der Waals surface area contributed by atoms with Gasteiger partial charge in [-0.2, -0.15) is 0 Å². The molecule has 0 atom stereocenters.